The van der Waals surface area contributed by atoms with Gasteiger partial charge in [-0.05, 0) is 0 Å². The molecule has 0 atom stereocenters. The van der Waals surface area contributed by atoms with Gasteiger partial charge in [0.15, 0.2) is 0 Å². The van der Waals surface area contributed by atoms with Gasteiger partial charge in [0.25, 0.3) is 0 Å². The van der Waals surface area contributed by atoms with Gasteiger partial charge in [0, 0.05) is 0 Å². The van der Waals surface area contributed by atoms with Crippen molar-refractivity contribution >= 4 is 39.1 Å². The van der Waals surface area contributed by atoms with Crippen LogP contribution in [-0.2, 0) is 0 Å². The molecule has 0 nitrogen and oxygen atoms in total. The molecule has 172 valence electrons. The molecule has 0 heterocycles. The van der Waals surface area contributed by atoms with Crippen LogP contribution in [0.5, 0.6) is 0 Å². The molecule has 32 heavy (non-hydrogen) atoms. The molecule has 0 radical (unpaired) electrons. The van der Waals surface area contributed by atoms with Crippen LogP contribution in [0.15, 0.2) is 60.7 Å². The Hall–Kier alpha value is -0.443. The van der Waals surface area contributed by atoms with Crippen molar-refractivity contribution in [3.05, 3.63) is 60.7 Å². The summed E-state index contributed by atoms with van der Waals surface area (Å²) in [4.78, 5) is 0. The maximum atomic E-state index is 2.37. The van der Waals surface area contributed by atoms with Crippen LogP contribution in [0.4, 0.5) is 0 Å². The molecule has 0 aromatic heterocycles. The van der Waals surface area contributed by atoms with Crippen LogP contribution >= 0.6 is 0 Å². The quantitative estimate of drug-likeness (QED) is 0.358. The summed E-state index contributed by atoms with van der Waals surface area (Å²) in [6.45, 7) is 7.10. The van der Waals surface area contributed by atoms with Crippen molar-refractivity contribution in [2.45, 2.75) is 97.6 Å². The van der Waals surface area contributed by atoms with Crippen LogP contribution in [0.2, 0.25) is 12.6 Å². The van der Waals surface area contributed by atoms with E-state index in [2.05, 4.69) is 81.4 Å². The van der Waals surface area contributed by atoms with Gasteiger partial charge in [0.05, 0.1) is 0 Å². The topological polar surface area (TPSA) is 0 Å². The third-order valence-corrected chi connectivity index (χ3v) is 20.1. The summed E-state index contributed by atoms with van der Waals surface area (Å²) in [6, 6.07) is 22.0. The van der Waals surface area contributed by atoms with Crippen LogP contribution in [0, 0.1) is 11.8 Å². The molecule has 0 spiro atoms. The van der Waals surface area contributed by atoms with E-state index in [-0.39, 0.29) is 0 Å². The Morgan fingerprint density at radius 1 is 0.656 bits per heavy atom. The van der Waals surface area contributed by atoms with Crippen LogP contribution in [0.1, 0.15) is 85.0 Å². The maximum absolute atomic E-state index is 2.37. The molecule has 4 fully saturated rings. The van der Waals surface area contributed by atoms with Crippen LogP contribution < -0.4 is 8.70 Å². The van der Waals surface area contributed by atoms with Crippen molar-refractivity contribution in [3.8, 4) is 0 Å². The first-order valence-electron chi connectivity index (χ1n) is 13.1. The van der Waals surface area contributed by atoms with Crippen LogP contribution in [-0.4, -0.2) is 30.4 Å². The van der Waals surface area contributed by atoms with Gasteiger partial charge < -0.3 is 0 Å². The van der Waals surface area contributed by atoms with Crippen molar-refractivity contribution in [1.82, 2.24) is 0 Å². The van der Waals surface area contributed by atoms with E-state index >= 15 is 0 Å². The molecule has 0 aliphatic heterocycles. The molecular formula is C30H42As2. The molecule has 4 bridgehead atoms. The standard InChI is InChI=1S/C16H19As.C14H23As/c1-16(2,3)17(14-10-6-4-7-11-14)15-12-8-5-9-13-15;1-5-13(6-2-11(1)9-13)15-14-7-3-12(10-14)4-8-14/h4-13H,1-3H3;11-12,15H,1-10H2. The zero-order chi connectivity index (χ0) is 22.2. The average Bonchev–Trinajstić information content (AvgIpc) is 3.56. The first-order valence-corrected chi connectivity index (χ1v) is 18.0. The fourth-order valence-electron chi connectivity index (χ4n) is 7.37. The van der Waals surface area contributed by atoms with E-state index in [1.165, 1.54) is 11.8 Å². The SMILES string of the molecule is C1CC2([AsH]C34CCC(CC3)C4)CCC1C2.CC(C)(C)[As](c1ccccc1)c1ccccc1. The number of benzene rings is 2. The Labute approximate surface area is 208 Å². The predicted molar refractivity (Wildman–Crippen MR) is 143 cm³/mol. The van der Waals surface area contributed by atoms with E-state index in [1.54, 1.807) is 72.9 Å². The van der Waals surface area contributed by atoms with Gasteiger partial charge >= 0.3 is 209 Å². The summed E-state index contributed by atoms with van der Waals surface area (Å²) >= 11 is -0.843. The fraction of sp³-hybridized carbons (Fsp3) is 0.600. The molecule has 0 unspecified atom stereocenters. The van der Waals surface area contributed by atoms with Gasteiger partial charge in [0.2, 0.25) is 0 Å². The number of rotatable bonds is 4. The Kier molecular flexibility index (Phi) is 6.78. The van der Waals surface area contributed by atoms with Gasteiger partial charge in [-0.15, -0.1) is 0 Å². The Morgan fingerprint density at radius 2 is 1.03 bits per heavy atom. The molecule has 6 rings (SSSR count). The zero-order valence-corrected chi connectivity index (χ0v) is 24.4. The minimum absolute atomic E-state index is 0.371. The first-order chi connectivity index (χ1) is 15.4. The monoisotopic (exact) mass is 552 g/mol. The van der Waals surface area contributed by atoms with Crippen molar-refractivity contribution in [3.63, 3.8) is 0 Å². The third kappa shape index (κ3) is 4.98. The molecule has 4 aliphatic rings. The van der Waals surface area contributed by atoms with Crippen LogP contribution in [0.25, 0.3) is 0 Å². The summed E-state index contributed by atoms with van der Waals surface area (Å²) < 4.78 is 5.43. The molecular weight excluding hydrogens is 510 g/mol. The normalized spacial score (nSPS) is 33.2. The molecule has 0 N–H and O–H groups in total. The Morgan fingerprint density at radius 3 is 1.31 bits per heavy atom. The van der Waals surface area contributed by atoms with Gasteiger partial charge in [-0.2, -0.15) is 0 Å². The van der Waals surface area contributed by atoms with Gasteiger partial charge in [-0.1, -0.05) is 0 Å². The summed E-state index contributed by atoms with van der Waals surface area (Å²) in [5.74, 6) is 2.37. The average molecular weight is 553 g/mol. The van der Waals surface area contributed by atoms with Gasteiger partial charge in [-0.25, -0.2) is 0 Å². The van der Waals surface area contributed by atoms with E-state index in [1.807, 2.05) is 0 Å². The number of hydrogen-bond donors (Lipinski definition) is 0. The van der Waals surface area contributed by atoms with Crippen molar-refractivity contribution < 1.29 is 0 Å². The molecule has 2 heteroatoms. The van der Waals surface area contributed by atoms with Crippen molar-refractivity contribution in [2.24, 2.45) is 11.8 Å². The van der Waals surface area contributed by atoms with Crippen molar-refractivity contribution in [2.75, 3.05) is 0 Å². The number of hydrogen-bond acceptors (Lipinski definition) is 0. The van der Waals surface area contributed by atoms with Gasteiger partial charge in [-0.3, -0.25) is 0 Å². The first kappa shape index (κ1) is 23.3. The second-order valence-corrected chi connectivity index (χ2v) is 23.5. The molecule has 0 amide bonds. The fourth-order valence-corrected chi connectivity index (χ4v) is 19.5. The van der Waals surface area contributed by atoms with E-state index in [9.17, 15) is 0 Å². The predicted octanol–water partition coefficient (Wildman–Crippen LogP) is 7.02. The molecule has 4 saturated carbocycles. The van der Waals surface area contributed by atoms with E-state index in [0.29, 0.717) is 20.0 Å². The molecule has 4 aliphatic carbocycles. The van der Waals surface area contributed by atoms with Gasteiger partial charge in [0.1, 0.15) is 0 Å². The second-order valence-electron chi connectivity index (χ2n) is 12.2. The van der Waals surface area contributed by atoms with Crippen LogP contribution in [0.3, 0.4) is 0 Å². The molecule has 0 saturated heterocycles. The summed E-state index contributed by atoms with van der Waals surface area (Å²) in [6.07, 6.45) is 16.4. The second kappa shape index (κ2) is 9.31. The van der Waals surface area contributed by atoms with E-state index in [0.717, 1.165) is 8.41 Å². The van der Waals surface area contributed by atoms with Crippen molar-refractivity contribution in [1.29, 1.82) is 0 Å². The Bertz CT molecular complexity index is 799. The summed E-state index contributed by atoms with van der Waals surface area (Å²) in [5, 5.41) is 0. The van der Waals surface area contributed by atoms with E-state index < -0.39 is 14.7 Å². The molecule has 2 aromatic rings. The minimum atomic E-state index is -1.22. The number of fused-ring (bicyclic) bond motifs is 4. The molecule has 2 aromatic carbocycles. The van der Waals surface area contributed by atoms with E-state index in [4.69, 9.17) is 0 Å². The third-order valence-electron chi connectivity index (χ3n) is 8.71. The zero-order valence-electron chi connectivity index (χ0n) is 20.4. The summed E-state index contributed by atoms with van der Waals surface area (Å²) in [7, 11) is 0. The summed E-state index contributed by atoms with van der Waals surface area (Å²) in [5.41, 5.74) is 0. The Balaban J connectivity index is 0.000000136.